The number of pyridine rings is 1. The fraction of sp³-hybridized carbons (Fsp3) is 0.462. The predicted octanol–water partition coefficient (Wildman–Crippen LogP) is 5.30. The zero-order chi connectivity index (χ0) is 24.7. The maximum Gasteiger partial charge on any atom is 0.305 e. The lowest BCUT2D eigenvalue weighted by molar-refractivity contribution is -0.139. The number of aliphatic carboxylic acids is 1. The van der Waals surface area contributed by atoms with E-state index in [0.717, 1.165) is 33.6 Å². The van der Waals surface area contributed by atoms with Gasteiger partial charge < -0.3 is 20.1 Å². The molecule has 2 unspecified atom stereocenters. The molecule has 1 aromatic carbocycles. The summed E-state index contributed by atoms with van der Waals surface area (Å²) >= 11 is 0. The molecule has 2 rings (SSSR count). The largest absolute Gasteiger partial charge is 0.481 e. The van der Waals surface area contributed by atoms with Gasteiger partial charge in [0.05, 0.1) is 30.9 Å². The molecule has 0 radical (unpaired) electrons. The van der Waals surface area contributed by atoms with E-state index in [4.69, 9.17) is 14.8 Å². The number of hydrogen-bond donors (Lipinski definition) is 3. The molecule has 2 aromatic rings. The zero-order valence-electron chi connectivity index (χ0n) is 20.3. The van der Waals surface area contributed by atoms with Crippen molar-refractivity contribution in [1.82, 2.24) is 4.98 Å². The van der Waals surface area contributed by atoms with Gasteiger partial charge in [0.25, 0.3) is 0 Å². The molecule has 8 heteroatoms. The lowest BCUT2D eigenvalue weighted by atomic mass is 9.87. The van der Waals surface area contributed by atoms with Crippen molar-refractivity contribution < 1.29 is 29.2 Å². The van der Waals surface area contributed by atoms with Gasteiger partial charge in [-0.15, -0.1) is 12.4 Å². The first-order chi connectivity index (χ1) is 15.5. The number of nitrogens with zero attached hydrogens (tertiary/aromatic N) is 1. The molecule has 0 aliphatic heterocycles. The monoisotopic (exact) mass is 495 g/mol. The van der Waals surface area contributed by atoms with Gasteiger partial charge in [0.2, 0.25) is 0 Å². The summed E-state index contributed by atoms with van der Waals surface area (Å²) in [6.45, 7) is 8.49. The number of hydrogen-bond acceptors (Lipinski definition) is 5. The molecule has 0 bridgehead atoms. The number of benzene rings is 1. The van der Waals surface area contributed by atoms with Gasteiger partial charge in [-0.25, -0.2) is 4.39 Å². The van der Waals surface area contributed by atoms with Crippen molar-refractivity contribution in [2.45, 2.75) is 71.2 Å². The number of rotatable bonds is 11. The first-order valence-electron chi connectivity index (χ1n) is 11.1. The first kappa shape index (κ1) is 29.7. The summed E-state index contributed by atoms with van der Waals surface area (Å²) in [6, 6.07) is 6.23. The Morgan fingerprint density at radius 3 is 2.18 bits per heavy atom. The quantitative estimate of drug-likeness (QED) is 0.391. The van der Waals surface area contributed by atoms with Crippen LogP contribution in [-0.4, -0.2) is 45.6 Å². The molecule has 34 heavy (non-hydrogen) atoms. The molecule has 3 N–H and O–H groups in total. The molecule has 2 atom stereocenters. The van der Waals surface area contributed by atoms with E-state index in [1.54, 1.807) is 25.3 Å². The number of halogens is 2. The topological polar surface area (TPSA) is 99.9 Å². The summed E-state index contributed by atoms with van der Waals surface area (Å²) in [4.78, 5) is 15.8. The first-order valence-corrected chi connectivity index (χ1v) is 11.1. The van der Waals surface area contributed by atoms with Gasteiger partial charge in [-0.3, -0.25) is 9.78 Å². The lowest BCUT2D eigenvalue weighted by Crippen LogP contribution is -2.19. The Morgan fingerprint density at radius 1 is 1.09 bits per heavy atom. The van der Waals surface area contributed by atoms with Crippen LogP contribution in [0.25, 0.3) is 17.2 Å². The standard InChI is InChI=1S/C26H34FNO5.ClH/c1-15(2)25-21(11-10-19(29)12-20(30)13-23(31)32)24(17-6-8-18(27)9-7-17)22(14-33-5)26(28-25)16(3)4;/h6-11,15-16,19-20,29-30H,12-14H2,1-5H3,(H,31,32);1H/b11-10+;. The molecule has 0 saturated heterocycles. The molecular weight excluding hydrogens is 461 g/mol. The second kappa shape index (κ2) is 13.5. The van der Waals surface area contributed by atoms with Crippen LogP contribution < -0.4 is 0 Å². The summed E-state index contributed by atoms with van der Waals surface area (Å²) in [7, 11) is 1.61. The van der Waals surface area contributed by atoms with E-state index in [1.807, 2.05) is 13.8 Å². The predicted molar refractivity (Wildman–Crippen MR) is 134 cm³/mol. The van der Waals surface area contributed by atoms with Crippen LogP contribution >= 0.6 is 12.4 Å². The van der Waals surface area contributed by atoms with Gasteiger partial charge in [-0.1, -0.05) is 52.0 Å². The van der Waals surface area contributed by atoms with Gasteiger partial charge in [-0.05, 0) is 35.1 Å². The van der Waals surface area contributed by atoms with E-state index in [2.05, 4.69) is 13.8 Å². The van der Waals surface area contributed by atoms with Crippen molar-refractivity contribution in [3.63, 3.8) is 0 Å². The van der Waals surface area contributed by atoms with Gasteiger partial charge in [0, 0.05) is 30.4 Å². The third-order valence-electron chi connectivity index (χ3n) is 5.32. The number of aromatic nitrogens is 1. The number of aliphatic hydroxyl groups is 2. The fourth-order valence-electron chi connectivity index (χ4n) is 3.85. The lowest BCUT2D eigenvalue weighted by Gasteiger charge is -2.23. The Morgan fingerprint density at radius 2 is 1.68 bits per heavy atom. The Kier molecular flexibility index (Phi) is 11.8. The maximum absolute atomic E-state index is 13.7. The third-order valence-corrected chi connectivity index (χ3v) is 5.32. The van der Waals surface area contributed by atoms with Crippen LogP contribution in [0, 0.1) is 5.82 Å². The van der Waals surface area contributed by atoms with Crippen molar-refractivity contribution in [3.8, 4) is 11.1 Å². The molecule has 0 fully saturated rings. The van der Waals surface area contributed by atoms with Crippen molar-refractivity contribution >= 4 is 24.5 Å². The third kappa shape index (κ3) is 7.87. The smallest absolute Gasteiger partial charge is 0.305 e. The second-order valence-corrected chi connectivity index (χ2v) is 8.81. The van der Waals surface area contributed by atoms with E-state index in [-0.39, 0.29) is 36.5 Å². The van der Waals surface area contributed by atoms with Crippen LogP contribution in [0.4, 0.5) is 4.39 Å². The zero-order valence-corrected chi connectivity index (χ0v) is 21.1. The van der Waals surface area contributed by atoms with Crippen LogP contribution in [0.5, 0.6) is 0 Å². The summed E-state index contributed by atoms with van der Waals surface area (Å²) in [6.07, 6.45) is 0.541. The van der Waals surface area contributed by atoms with Crippen LogP contribution in [-0.2, 0) is 16.1 Å². The van der Waals surface area contributed by atoms with Gasteiger partial charge in [0.1, 0.15) is 5.82 Å². The number of carboxylic acid groups (broad SMARTS) is 1. The minimum Gasteiger partial charge on any atom is -0.481 e. The van der Waals surface area contributed by atoms with E-state index < -0.39 is 24.6 Å². The average Bonchev–Trinajstić information content (AvgIpc) is 2.72. The molecule has 0 spiro atoms. The molecule has 0 aliphatic rings. The Labute approximate surface area is 206 Å². The summed E-state index contributed by atoms with van der Waals surface area (Å²) in [5, 5.41) is 29.1. The highest BCUT2D eigenvalue weighted by Crippen LogP contribution is 2.37. The minimum atomic E-state index is -1.16. The highest BCUT2D eigenvalue weighted by atomic mass is 35.5. The van der Waals surface area contributed by atoms with Gasteiger partial charge in [0.15, 0.2) is 0 Å². The van der Waals surface area contributed by atoms with Gasteiger partial charge in [-0.2, -0.15) is 0 Å². The SMILES string of the molecule is COCc1c(C(C)C)nc(C(C)C)c(/C=C/C(O)CC(O)CC(=O)O)c1-c1ccc(F)cc1.Cl. The molecule has 0 amide bonds. The van der Waals surface area contributed by atoms with Crippen LogP contribution in [0.15, 0.2) is 30.3 Å². The number of ether oxygens (including phenoxy) is 1. The fourth-order valence-corrected chi connectivity index (χ4v) is 3.85. The Hall–Kier alpha value is -2.32. The van der Waals surface area contributed by atoms with Crippen molar-refractivity contribution in [2.75, 3.05) is 7.11 Å². The van der Waals surface area contributed by atoms with E-state index >= 15 is 0 Å². The van der Waals surface area contributed by atoms with E-state index in [1.165, 1.54) is 18.2 Å². The number of aliphatic hydroxyl groups excluding tert-OH is 2. The molecule has 1 heterocycles. The molecule has 0 aliphatic carbocycles. The highest BCUT2D eigenvalue weighted by Gasteiger charge is 2.23. The summed E-state index contributed by atoms with van der Waals surface area (Å²) in [5.74, 6) is -1.28. The molecule has 0 saturated carbocycles. The van der Waals surface area contributed by atoms with E-state index in [9.17, 15) is 19.4 Å². The molecule has 1 aromatic heterocycles. The van der Waals surface area contributed by atoms with Crippen LogP contribution in [0.2, 0.25) is 0 Å². The number of carboxylic acids is 1. The summed E-state index contributed by atoms with van der Waals surface area (Å²) in [5.41, 5.74) is 5.05. The van der Waals surface area contributed by atoms with Crippen LogP contribution in [0.1, 0.15) is 74.9 Å². The van der Waals surface area contributed by atoms with Crippen LogP contribution in [0.3, 0.4) is 0 Å². The van der Waals surface area contributed by atoms with Crippen molar-refractivity contribution in [2.24, 2.45) is 0 Å². The summed E-state index contributed by atoms with van der Waals surface area (Å²) < 4.78 is 19.2. The molecule has 6 nitrogen and oxygen atoms in total. The van der Waals surface area contributed by atoms with Gasteiger partial charge >= 0.3 is 5.97 Å². The normalized spacial score (nSPS) is 13.4. The molecule has 188 valence electrons. The Bertz CT molecular complexity index is 976. The number of carbonyl (C=O) groups is 1. The average molecular weight is 496 g/mol. The van der Waals surface area contributed by atoms with Crippen molar-refractivity contribution in [3.05, 3.63) is 58.7 Å². The van der Waals surface area contributed by atoms with E-state index in [0.29, 0.717) is 6.61 Å². The molecular formula is C26H35ClFNO5. The Balaban J connectivity index is 0.00000578. The number of methoxy groups -OCH3 is 1. The second-order valence-electron chi connectivity index (χ2n) is 8.81. The maximum atomic E-state index is 13.7. The van der Waals surface area contributed by atoms with Crippen molar-refractivity contribution in [1.29, 1.82) is 0 Å². The minimum absolute atomic E-state index is 0. The highest BCUT2D eigenvalue weighted by molar-refractivity contribution is 5.85.